The number of nitrogens with zero attached hydrogens (tertiary/aromatic N) is 2. The first-order chi connectivity index (χ1) is 9.94. The van der Waals surface area contributed by atoms with Crippen molar-refractivity contribution in [3.8, 4) is 6.07 Å². The van der Waals surface area contributed by atoms with E-state index in [0.717, 1.165) is 42.6 Å². The summed E-state index contributed by atoms with van der Waals surface area (Å²) in [5.41, 5.74) is 0.464. The average molecular weight is 371 g/mol. The lowest BCUT2D eigenvalue weighted by molar-refractivity contribution is 0.179. The molecule has 0 saturated carbocycles. The minimum absolute atomic E-state index is 0.471. The maximum Gasteiger partial charge on any atom is 0.127 e. The van der Waals surface area contributed by atoms with Crippen LogP contribution in [0.1, 0.15) is 26.7 Å². The van der Waals surface area contributed by atoms with E-state index < -0.39 is 5.54 Å². The van der Waals surface area contributed by atoms with Crippen LogP contribution in [0.25, 0.3) is 0 Å². The van der Waals surface area contributed by atoms with Gasteiger partial charge in [0.1, 0.15) is 5.54 Å². The van der Waals surface area contributed by atoms with Crippen molar-refractivity contribution in [2.24, 2.45) is 5.92 Å². The number of benzene rings is 1. The van der Waals surface area contributed by atoms with Gasteiger partial charge in [-0.1, -0.05) is 25.4 Å². The van der Waals surface area contributed by atoms with Gasteiger partial charge in [-0.2, -0.15) is 5.26 Å². The first kappa shape index (κ1) is 16.6. The SMILES string of the molecule is CC(C)CN1CCC(C#N)(Nc2ccc(Cl)c(Br)c2)CC1. The van der Waals surface area contributed by atoms with Gasteiger partial charge in [-0.3, -0.25) is 0 Å². The molecule has 0 atom stereocenters. The lowest BCUT2D eigenvalue weighted by atomic mass is 9.88. The minimum Gasteiger partial charge on any atom is -0.367 e. The number of halogens is 2. The molecule has 1 aromatic carbocycles. The molecule has 1 fully saturated rings. The zero-order chi connectivity index (χ0) is 15.5. The molecule has 0 spiro atoms. The molecule has 0 amide bonds. The van der Waals surface area contributed by atoms with Crippen LogP contribution in [-0.2, 0) is 0 Å². The van der Waals surface area contributed by atoms with Gasteiger partial charge >= 0.3 is 0 Å². The standard InChI is InChI=1S/C16H21BrClN3/c1-12(2)10-21-7-5-16(11-19,6-8-21)20-13-3-4-15(18)14(17)9-13/h3-4,9,12,20H,5-8,10H2,1-2H3. The maximum absolute atomic E-state index is 9.63. The van der Waals surface area contributed by atoms with Crippen LogP contribution in [0.15, 0.2) is 22.7 Å². The van der Waals surface area contributed by atoms with E-state index in [4.69, 9.17) is 11.6 Å². The fourth-order valence-corrected chi connectivity index (χ4v) is 3.24. The van der Waals surface area contributed by atoms with E-state index in [-0.39, 0.29) is 0 Å². The highest BCUT2D eigenvalue weighted by Gasteiger charge is 2.34. The van der Waals surface area contributed by atoms with Crippen LogP contribution < -0.4 is 5.32 Å². The second-order valence-electron chi connectivity index (χ2n) is 6.14. The third kappa shape index (κ3) is 4.35. The summed E-state index contributed by atoms with van der Waals surface area (Å²) in [6, 6.07) is 8.18. The van der Waals surface area contributed by atoms with Crippen molar-refractivity contribution in [1.82, 2.24) is 4.90 Å². The fourth-order valence-electron chi connectivity index (χ4n) is 2.75. The highest BCUT2D eigenvalue weighted by molar-refractivity contribution is 9.10. The van der Waals surface area contributed by atoms with Gasteiger partial charge in [-0.05, 0) is 52.9 Å². The van der Waals surface area contributed by atoms with Crippen molar-refractivity contribution in [3.05, 3.63) is 27.7 Å². The van der Waals surface area contributed by atoms with Crippen LogP contribution in [0.2, 0.25) is 5.02 Å². The number of hydrogen-bond acceptors (Lipinski definition) is 3. The molecule has 114 valence electrons. The van der Waals surface area contributed by atoms with Gasteiger partial charge in [0, 0.05) is 29.8 Å². The molecule has 0 aromatic heterocycles. The molecule has 1 heterocycles. The number of nitriles is 1. The summed E-state index contributed by atoms with van der Waals surface area (Å²) >= 11 is 9.44. The molecular formula is C16H21BrClN3. The largest absolute Gasteiger partial charge is 0.367 e. The minimum atomic E-state index is -0.471. The van der Waals surface area contributed by atoms with Gasteiger partial charge in [0.25, 0.3) is 0 Å². The van der Waals surface area contributed by atoms with E-state index in [0.29, 0.717) is 10.9 Å². The number of anilines is 1. The van der Waals surface area contributed by atoms with Crippen molar-refractivity contribution in [2.45, 2.75) is 32.2 Å². The molecule has 21 heavy (non-hydrogen) atoms. The van der Waals surface area contributed by atoms with Crippen molar-refractivity contribution >= 4 is 33.2 Å². The van der Waals surface area contributed by atoms with Crippen LogP contribution in [0, 0.1) is 17.2 Å². The quantitative estimate of drug-likeness (QED) is 0.846. The summed E-state index contributed by atoms with van der Waals surface area (Å²) in [4.78, 5) is 2.44. The third-order valence-electron chi connectivity index (χ3n) is 3.85. The van der Waals surface area contributed by atoms with E-state index in [9.17, 15) is 5.26 Å². The summed E-state index contributed by atoms with van der Waals surface area (Å²) in [5, 5.41) is 13.7. The zero-order valence-corrected chi connectivity index (χ0v) is 14.8. The highest BCUT2D eigenvalue weighted by Crippen LogP contribution is 2.30. The number of nitrogens with one attached hydrogen (secondary N) is 1. The lowest BCUT2D eigenvalue weighted by Crippen LogP contribution is -2.49. The van der Waals surface area contributed by atoms with E-state index in [1.165, 1.54) is 0 Å². The Morgan fingerprint density at radius 3 is 2.62 bits per heavy atom. The van der Waals surface area contributed by atoms with E-state index in [2.05, 4.69) is 46.1 Å². The Bertz CT molecular complexity index is 531. The number of rotatable bonds is 4. The second-order valence-corrected chi connectivity index (χ2v) is 7.40. The predicted octanol–water partition coefficient (Wildman–Crippen LogP) is 4.53. The Kier molecular flexibility index (Phi) is 5.54. The topological polar surface area (TPSA) is 39.1 Å². The molecule has 1 saturated heterocycles. The summed E-state index contributed by atoms with van der Waals surface area (Å²) in [7, 11) is 0. The van der Waals surface area contributed by atoms with Crippen LogP contribution in [0.3, 0.4) is 0 Å². The summed E-state index contributed by atoms with van der Waals surface area (Å²) in [6.45, 7) is 7.50. The van der Waals surface area contributed by atoms with E-state index >= 15 is 0 Å². The Morgan fingerprint density at radius 2 is 2.10 bits per heavy atom. The maximum atomic E-state index is 9.63. The Labute approximate surface area is 140 Å². The monoisotopic (exact) mass is 369 g/mol. The summed E-state index contributed by atoms with van der Waals surface area (Å²) in [5.74, 6) is 0.666. The summed E-state index contributed by atoms with van der Waals surface area (Å²) in [6.07, 6.45) is 1.69. The average Bonchev–Trinajstić information content (AvgIpc) is 2.45. The molecule has 1 aromatic rings. The van der Waals surface area contributed by atoms with Crippen LogP contribution in [0.5, 0.6) is 0 Å². The second kappa shape index (κ2) is 7.00. The molecule has 0 bridgehead atoms. The normalized spacial score (nSPS) is 18.5. The zero-order valence-electron chi connectivity index (χ0n) is 12.5. The van der Waals surface area contributed by atoms with Gasteiger partial charge in [0.2, 0.25) is 0 Å². The van der Waals surface area contributed by atoms with Crippen molar-refractivity contribution < 1.29 is 0 Å². The molecular weight excluding hydrogens is 350 g/mol. The first-order valence-electron chi connectivity index (χ1n) is 7.31. The third-order valence-corrected chi connectivity index (χ3v) is 5.06. The molecule has 5 heteroatoms. The Hall–Kier alpha value is -0.760. The first-order valence-corrected chi connectivity index (χ1v) is 8.48. The van der Waals surface area contributed by atoms with Gasteiger partial charge < -0.3 is 10.2 Å². The molecule has 0 aliphatic carbocycles. The molecule has 2 rings (SSSR count). The lowest BCUT2D eigenvalue weighted by Gasteiger charge is -2.39. The molecule has 0 radical (unpaired) electrons. The van der Waals surface area contributed by atoms with Gasteiger partial charge in [-0.15, -0.1) is 0 Å². The molecule has 1 N–H and O–H groups in total. The molecule has 0 unspecified atom stereocenters. The van der Waals surface area contributed by atoms with E-state index in [1.54, 1.807) is 0 Å². The van der Waals surface area contributed by atoms with Crippen molar-refractivity contribution in [1.29, 1.82) is 5.26 Å². The summed E-state index contributed by atoms with van der Waals surface area (Å²) < 4.78 is 0.847. The van der Waals surface area contributed by atoms with Crippen molar-refractivity contribution in [2.75, 3.05) is 25.0 Å². The Balaban J connectivity index is 2.03. The molecule has 3 nitrogen and oxygen atoms in total. The van der Waals surface area contributed by atoms with Crippen LogP contribution in [-0.4, -0.2) is 30.1 Å². The molecule has 1 aliphatic rings. The smallest absolute Gasteiger partial charge is 0.127 e. The van der Waals surface area contributed by atoms with Crippen LogP contribution >= 0.6 is 27.5 Å². The fraction of sp³-hybridized carbons (Fsp3) is 0.562. The van der Waals surface area contributed by atoms with Gasteiger partial charge in [0.15, 0.2) is 0 Å². The number of piperidine rings is 1. The predicted molar refractivity (Wildman–Crippen MR) is 91.6 cm³/mol. The highest BCUT2D eigenvalue weighted by atomic mass is 79.9. The number of likely N-dealkylation sites (tertiary alicyclic amines) is 1. The van der Waals surface area contributed by atoms with Crippen LogP contribution in [0.4, 0.5) is 5.69 Å². The van der Waals surface area contributed by atoms with Gasteiger partial charge in [0.05, 0.1) is 11.1 Å². The van der Waals surface area contributed by atoms with Gasteiger partial charge in [-0.25, -0.2) is 0 Å². The Morgan fingerprint density at radius 1 is 1.43 bits per heavy atom. The van der Waals surface area contributed by atoms with Crippen molar-refractivity contribution in [3.63, 3.8) is 0 Å². The van der Waals surface area contributed by atoms with E-state index in [1.807, 2.05) is 18.2 Å². The number of hydrogen-bond donors (Lipinski definition) is 1. The molecule has 1 aliphatic heterocycles.